The minimum atomic E-state index is -0.264. The maximum absolute atomic E-state index is 12.9. The lowest BCUT2D eigenvalue weighted by Crippen LogP contribution is -2.33. The van der Waals surface area contributed by atoms with Crippen LogP contribution in [-0.2, 0) is 6.54 Å². The van der Waals surface area contributed by atoms with E-state index in [1.807, 2.05) is 19.2 Å². The van der Waals surface area contributed by atoms with Crippen molar-refractivity contribution in [1.29, 1.82) is 0 Å². The van der Waals surface area contributed by atoms with Crippen LogP contribution in [0.15, 0.2) is 29.6 Å². The number of amides is 2. The lowest BCUT2D eigenvalue weighted by atomic mass is 10.2. The van der Waals surface area contributed by atoms with Gasteiger partial charge in [0.15, 0.2) is 5.13 Å². The fourth-order valence-corrected chi connectivity index (χ4v) is 3.38. The van der Waals surface area contributed by atoms with Gasteiger partial charge in [0, 0.05) is 18.5 Å². The van der Waals surface area contributed by atoms with Gasteiger partial charge >= 0.3 is 6.03 Å². The smallest absolute Gasteiger partial charge is 0.318 e. The minimum Gasteiger partial charge on any atom is -0.318 e. The number of carbonyl (C=O) groups excluding carboxylic acids is 1. The summed E-state index contributed by atoms with van der Waals surface area (Å²) in [5.74, 6) is -0.264. The SMILES string of the molecule is Cc1csc(N2C(=O)N(Cc3ccc(F)cc3)C[C@H]2C)n1. The topological polar surface area (TPSA) is 36.4 Å². The Morgan fingerprint density at radius 3 is 2.71 bits per heavy atom. The Morgan fingerprint density at radius 1 is 1.38 bits per heavy atom. The van der Waals surface area contributed by atoms with Crippen LogP contribution < -0.4 is 4.90 Å². The van der Waals surface area contributed by atoms with Gasteiger partial charge in [-0.1, -0.05) is 12.1 Å². The third-order valence-electron chi connectivity index (χ3n) is 3.50. The maximum atomic E-state index is 12.9. The lowest BCUT2D eigenvalue weighted by Gasteiger charge is -2.17. The van der Waals surface area contributed by atoms with Crippen molar-refractivity contribution in [2.75, 3.05) is 11.4 Å². The monoisotopic (exact) mass is 305 g/mol. The van der Waals surface area contributed by atoms with E-state index in [2.05, 4.69) is 4.98 Å². The number of nitrogens with zero attached hydrogens (tertiary/aromatic N) is 3. The van der Waals surface area contributed by atoms with E-state index in [1.165, 1.54) is 23.5 Å². The van der Waals surface area contributed by atoms with E-state index in [-0.39, 0.29) is 17.9 Å². The van der Waals surface area contributed by atoms with Gasteiger partial charge in [-0.2, -0.15) is 0 Å². The molecule has 0 unspecified atom stereocenters. The zero-order chi connectivity index (χ0) is 15.0. The number of aryl methyl sites for hydroxylation is 1. The number of hydrogen-bond acceptors (Lipinski definition) is 3. The Morgan fingerprint density at radius 2 is 2.10 bits per heavy atom. The Labute approximate surface area is 126 Å². The van der Waals surface area contributed by atoms with Gasteiger partial charge in [-0.15, -0.1) is 11.3 Å². The Hall–Kier alpha value is -1.95. The molecule has 1 fully saturated rings. The molecule has 1 aliphatic rings. The van der Waals surface area contributed by atoms with Crippen molar-refractivity contribution in [2.24, 2.45) is 0 Å². The van der Waals surface area contributed by atoms with Crippen molar-refractivity contribution in [3.05, 3.63) is 46.7 Å². The predicted molar refractivity (Wildman–Crippen MR) is 81.0 cm³/mol. The molecule has 0 spiro atoms. The molecule has 2 amide bonds. The molecule has 0 bridgehead atoms. The Balaban J connectivity index is 1.77. The predicted octanol–water partition coefficient (Wildman–Crippen LogP) is 3.42. The molecule has 3 rings (SSSR count). The zero-order valence-electron chi connectivity index (χ0n) is 11.9. The molecule has 6 heteroatoms. The van der Waals surface area contributed by atoms with Gasteiger partial charge < -0.3 is 4.90 Å². The second-order valence-electron chi connectivity index (χ2n) is 5.28. The average molecular weight is 305 g/mol. The van der Waals surface area contributed by atoms with E-state index in [0.717, 1.165) is 16.4 Å². The molecule has 21 heavy (non-hydrogen) atoms. The Bertz CT molecular complexity index is 655. The molecule has 2 aromatic rings. The van der Waals surface area contributed by atoms with E-state index in [9.17, 15) is 9.18 Å². The molecule has 1 saturated heterocycles. The molecular formula is C15H16FN3OS. The van der Waals surface area contributed by atoms with Gasteiger partial charge in [-0.05, 0) is 31.5 Å². The largest absolute Gasteiger partial charge is 0.326 e. The number of aromatic nitrogens is 1. The van der Waals surface area contributed by atoms with Crippen LogP contribution in [0.1, 0.15) is 18.2 Å². The number of thiazole rings is 1. The van der Waals surface area contributed by atoms with Crippen LogP contribution in [0.25, 0.3) is 0 Å². The van der Waals surface area contributed by atoms with Crippen molar-refractivity contribution in [3.8, 4) is 0 Å². The molecule has 110 valence electrons. The van der Waals surface area contributed by atoms with Crippen LogP contribution in [0.3, 0.4) is 0 Å². The van der Waals surface area contributed by atoms with Gasteiger partial charge in [-0.25, -0.2) is 14.2 Å². The van der Waals surface area contributed by atoms with Gasteiger partial charge in [0.05, 0.1) is 11.7 Å². The first kappa shape index (κ1) is 14.0. The molecule has 0 N–H and O–H groups in total. The van der Waals surface area contributed by atoms with Gasteiger partial charge in [-0.3, -0.25) is 4.90 Å². The molecule has 4 nitrogen and oxygen atoms in total. The highest BCUT2D eigenvalue weighted by molar-refractivity contribution is 7.14. The summed E-state index contributed by atoms with van der Waals surface area (Å²) in [4.78, 5) is 20.4. The van der Waals surface area contributed by atoms with Crippen LogP contribution in [0.2, 0.25) is 0 Å². The van der Waals surface area contributed by atoms with Gasteiger partial charge in [0.25, 0.3) is 0 Å². The quantitative estimate of drug-likeness (QED) is 0.871. The van der Waals surface area contributed by atoms with E-state index < -0.39 is 0 Å². The van der Waals surface area contributed by atoms with Crippen molar-refractivity contribution >= 4 is 22.5 Å². The second kappa shape index (κ2) is 5.44. The molecule has 0 saturated carbocycles. The van der Waals surface area contributed by atoms with E-state index in [0.29, 0.717) is 13.1 Å². The number of carbonyl (C=O) groups is 1. The fourth-order valence-electron chi connectivity index (χ4n) is 2.48. The highest BCUT2D eigenvalue weighted by atomic mass is 32.1. The summed E-state index contributed by atoms with van der Waals surface area (Å²) < 4.78 is 12.9. The number of rotatable bonds is 3. The average Bonchev–Trinajstić information content (AvgIpc) is 2.97. The van der Waals surface area contributed by atoms with Crippen LogP contribution in [-0.4, -0.2) is 28.5 Å². The summed E-state index contributed by atoms with van der Waals surface area (Å²) in [6.45, 7) is 5.07. The first-order valence-corrected chi connectivity index (χ1v) is 7.67. The molecular weight excluding hydrogens is 289 g/mol. The maximum Gasteiger partial charge on any atom is 0.326 e. The second-order valence-corrected chi connectivity index (χ2v) is 6.12. The first-order chi connectivity index (χ1) is 10.0. The first-order valence-electron chi connectivity index (χ1n) is 6.79. The molecule has 1 aromatic carbocycles. The zero-order valence-corrected chi connectivity index (χ0v) is 12.7. The van der Waals surface area contributed by atoms with Crippen molar-refractivity contribution in [3.63, 3.8) is 0 Å². The van der Waals surface area contributed by atoms with Crippen molar-refractivity contribution < 1.29 is 9.18 Å². The molecule has 1 aliphatic heterocycles. The number of urea groups is 1. The van der Waals surface area contributed by atoms with E-state index in [1.54, 1.807) is 21.9 Å². The van der Waals surface area contributed by atoms with E-state index in [4.69, 9.17) is 0 Å². The highest BCUT2D eigenvalue weighted by Crippen LogP contribution is 2.28. The van der Waals surface area contributed by atoms with Crippen molar-refractivity contribution in [1.82, 2.24) is 9.88 Å². The third kappa shape index (κ3) is 2.76. The fraction of sp³-hybridized carbons (Fsp3) is 0.333. The number of benzene rings is 1. The van der Waals surface area contributed by atoms with Crippen LogP contribution >= 0.6 is 11.3 Å². The van der Waals surface area contributed by atoms with Crippen LogP contribution in [0, 0.1) is 12.7 Å². The summed E-state index contributed by atoms with van der Waals surface area (Å²) >= 11 is 1.48. The minimum absolute atomic E-state index is 0.0406. The number of halogens is 1. The summed E-state index contributed by atoms with van der Waals surface area (Å²) in [6.07, 6.45) is 0. The molecule has 0 radical (unpaired) electrons. The van der Waals surface area contributed by atoms with Crippen LogP contribution in [0.5, 0.6) is 0 Å². The summed E-state index contributed by atoms with van der Waals surface area (Å²) in [7, 11) is 0. The summed E-state index contributed by atoms with van der Waals surface area (Å²) in [5.41, 5.74) is 1.85. The highest BCUT2D eigenvalue weighted by Gasteiger charge is 2.36. The van der Waals surface area contributed by atoms with Gasteiger partial charge in [0.2, 0.25) is 0 Å². The number of anilines is 1. The number of hydrogen-bond donors (Lipinski definition) is 0. The van der Waals surface area contributed by atoms with Crippen LogP contribution in [0.4, 0.5) is 14.3 Å². The van der Waals surface area contributed by atoms with Crippen molar-refractivity contribution in [2.45, 2.75) is 26.4 Å². The van der Waals surface area contributed by atoms with E-state index >= 15 is 0 Å². The third-order valence-corrected chi connectivity index (χ3v) is 4.46. The lowest BCUT2D eigenvalue weighted by molar-refractivity contribution is 0.218. The molecule has 0 aliphatic carbocycles. The molecule has 1 aromatic heterocycles. The Kier molecular flexibility index (Phi) is 3.63. The normalized spacial score (nSPS) is 18.6. The summed E-state index contributed by atoms with van der Waals surface area (Å²) in [6, 6.07) is 6.31. The van der Waals surface area contributed by atoms with Gasteiger partial charge in [0.1, 0.15) is 5.82 Å². The molecule has 1 atom stereocenters. The summed E-state index contributed by atoms with van der Waals surface area (Å²) in [5, 5.41) is 2.68. The standard InChI is InChI=1S/C15H16FN3OS/c1-10-9-21-14(17-10)19-11(2)7-18(15(19)20)8-12-3-5-13(16)6-4-12/h3-6,9,11H,7-8H2,1-2H3/t11-/m1/s1. The molecule has 2 heterocycles.